The van der Waals surface area contributed by atoms with Crippen LogP contribution >= 0.6 is 0 Å². The number of rotatable bonds is 2. The van der Waals surface area contributed by atoms with Crippen LogP contribution in [-0.4, -0.2) is 15.8 Å². The number of aromatic nitrogens is 2. The van der Waals surface area contributed by atoms with Gasteiger partial charge in [0.1, 0.15) is 0 Å². The third-order valence-corrected chi connectivity index (χ3v) is 11.2. The first-order chi connectivity index (χ1) is 24.5. The number of fused-ring (bicyclic) bond motifs is 10. The summed E-state index contributed by atoms with van der Waals surface area (Å²) in [4.78, 5) is 2.46. The van der Waals surface area contributed by atoms with Crippen LogP contribution in [0.25, 0.3) is 55.0 Å². The van der Waals surface area contributed by atoms with Gasteiger partial charge in [0.05, 0.1) is 16.6 Å². The Labute approximate surface area is 291 Å². The standard InChI is InChI=1S/C46H34BN3/c1-46(2,3)29-23-25-31(26-24-29)48-38-19-9-7-15-32(38)34-27-35-33-16-11-18-37-45(33)50(43(35)28-42(34)48)41-22-12-21-40-44(41)47(37)36-17-8-10-20-39(36)49(40)30-13-5-4-6-14-30/h4-28H,1-3H3. The molecule has 2 aromatic heterocycles. The molecule has 9 aromatic rings. The van der Waals surface area contributed by atoms with Crippen molar-refractivity contribution in [3.63, 3.8) is 0 Å². The summed E-state index contributed by atoms with van der Waals surface area (Å²) in [5.74, 6) is 0. The maximum atomic E-state index is 2.57. The minimum atomic E-state index is 0.0984. The van der Waals surface area contributed by atoms with Crippen LogP contribution in [0.15, 0.2) is 152 Å². The van der Waals surface area contributed by atoms with Gasteiger partial charge in [-0.2, -0.15) is 0 Å². The molecular formula is C46H34BN3. The third kappa shape index (κ3) is 3.60. The summed E-state index contributed by atoms with van der Waals surface area (Å²) in [5, 5.41) is 5.17. The second-order valence-electron chi connectivity index (χ2n) is 15.0. The maximum Gasteiger partial charge on any atom is 0.252 e. The molecule has 0 saturated heterocycles. The molecule has 2 aliphatic rings. The predicted octanol–water partition coefficient (Wildman–Crippen LogP) is 9.79. The molecule has 2 aliphatic heterocycles. The molecule has 4 heteroatoms. The smallest absolute Gasteiger partial charge is 0.252 e. The van der Waals surface area contributed by atoms with Crippen LogP contribution < -0.4 is 21.3 Å². The fourth-order valence-electron chi connectivity index (χ4n) is 9.05. The van der Waals surface area contributed by atoms with Crippen molar-refractivity contribution in [1.29, 1.82) is 0 Å². The third-order valence-electron chi connectivity index (χ3n) is 11.2. The zero-order valence-corrected chi connectivity index (χ0v) is 28.4. The van der Waals surface area contributed by atoms with Crippen molar-refractivity contribution in [2.24, 2.45) is 0 Å². The molecule has 236 valence electrons. The zero-order valence-electron chi connectivity index (χ0n) is 28.4. The molecule has 0 bridgehead atoms. The molecular weight excluding hydrogens is 605 g/mol. The number of hydrogen-bond acceptors (Lipinski definition) is 1. The fraction of sp³-hybridized carbons (Fsp3) is 0.0870. The fourth-order valence-corrected chi connectivity index (χ4v) is 9.05. The normalized spacial score (nSPS) is 13.4. The Bertz CT molecular complexity index is 2850. The molecule has 0 N–H and O–H groups in total. The van der Waals surface area contributed by atoms with E-state index in [1.54, 1.807) is 0 Å². The predicted molar refractivity (Wildman–Crippen MR) is 213 cm³/mol. The van der Waals surface area contributed by atoms with Gasteiger partial charge >= 0.3 is 0 Å². The van der Waals surface area contributed by atoms with Crippen LogP contribution in [-0.2, 0) is 5.41 Å². The summed E-state index contributed by atoms with van der Waals surface area (Å²) in [6, 6.07) is 56.6. The van der Waals surface area contributed by atoms with Crippen LogP contribution in [0.4, 0.5) is 17.1 Å². The number of para-hydroxylation sites is 4. The molecule has 0 radical (unpaired) electrons. The van der Waals surface area contributed by atoms with Crippen molar-refractivity contribution in [2.75, 3.05) is 4.90 Å². The molecule has 11 rings (SSSR count). The van der Waals surface area contributed by atoms with Gasteiger partial charge in [0.25, 0.3) is 6.71 Å². The van der Waals surface area contributed by atoms with E-state index in [-0.39, 0.29) is 12.1 Å². The minimum Gasteiger partial charge on any atom is -0.311 e. The maximum absolute atomic E-state index is 2.57. The lowest BCUT2D eigenvalue weighted by atomic mass is 9.34. The van der Waals surface area contributed by atoms with Crippen LogP contribution in [0.5, 0.6) is 0 Å². The molecule has 4 heterocycles. The number of nitrogens with zero attached hydrogens (tertiary/aromatic N) is 3. The first kappa shape index (κ1) is 27.9. The average Bonchev–Trinajstić information content (AvgIpc) is 3.65. The SMILES string of the molecule is CC(C)(C)c1ccc(-n2c3ccccc3c3cc4c5cccc6c5n(c4cc32)-c2cccc3c2B6c2ccccc2N3c2ccccc2)cc1. The zero-order chi connectivity index (χ0) is 33.3. The van der Waals surface area contributed by atoms with Crippen molar-refractivity contribution in [3.05, 3.63) is 157 Å². The van der Waals surface area contributed by atoms with Crippen molar-refractivity contribution in [1.82, 2.24) is 9.13 Å². The second kappa shape index (κ2) is 9.80. The van der Waals surface area contributed by atoms with Crippen LogP contribution in [0.1, 0.15) is 26.3 Å². The van der Waals surface area contributed by atoms with E-state index in [1.165, 1.54) is 94.0 Å². The summed E-state index contributed by atoms with van der Waals surface area (Å²) in [6.45, 7) is 6.98. The van der Waals surface area contributed by atoms with Crippen LogP contribution in [0, 0.1) is 0 Å². The van der Waals surface area contributed by atoms with Crippen LogP contribution in [0.2, 0.25) is 0 Å². The van der Waals surface area contributed by atoms with E-state index in [4.69, 9.17) is 0 Å². The molecule has 0 saturated carbocycles. The number of hydrogen-bond donors (Lipinski definition) is 0. The van der Waals surface area contributed by atoms with Crippen molar-refractivity contribution in [2.45, 2.75) is 26.2 Å². The van der Waals surface area contributed by atoms with E-state index in [0.717, 1.165) is 0 Å². The lowest BCUT2D eigenvalue weighted by Crippen LogP contribution is -2.60. The highest BCUT2D eigenvalue weighted by molar-refractivity contribution is 7.00. The van der Waals surface area contributed by atoms with Crippen molar-refractivity contribution < 1.29 is 0 Å². The van der Waals surface area contributed by atoms with E-state index >= 15 is 0 Å². The summed E-state index contributed by atoms with van der Waals surface area (Å²) in [6.07, 6.45) is 0. The minimum absolute atomic E-state index is 0.0984. The van der Waals surface area contributed by atoms with E-state index in [1.807, 2.05) is 0 Å². The highest BCUT2D eigenvalue weighted by Crippen LogP contribution is 2.43. The second-order valence-corrected chi connectivity index (χ2v) is 15.0. The first-order valence-corrected chi connectivity index (χ1v) is 17.7. The number of anilines is 3. The van der Waals surface area contributed by atoms with Crippen molar-refractivity contribution in [3.8, 4) is 11.4 Å². The molecule has 0 spiro atoms. The first-order valence-electron chi connectivity index (χ1n) is 17.7. The highest BCUT2D eigenvalue weighted by Gasteiger charge is 2.41. The quantitative estimate of drug-likeness (QED) is 0.172. The van der Waals surface area contributed by atoms with Gasteiger partial charge in [-0.1, -0.05) is 112 Å². The van der Waals surface area contributed by atoms with Gasteiger partial charge in [0.15, 0.2) is 0 Å². The molecule has 0 atom stereocenters. The monoisotopic (exact) mass is 639 g/mol. The van der Waals surface area contributed by atoms with E-state index < -0.39 is 0 Å². The Morgan fingerprint density at radius 1 is 0.440 bits per heavy atom. The van der Waals surface area contributed by atoms with Gasteiger partial charge in [0.2, 0.25) is 0 Å². The van der Waals surface area contributed by atoms with Gasteiger partial charge in [-0.15, -0.1) is 0 Å². The van der Waals surface area contributed by atoms with Crippen molar-refractivity contribution >= 4 is 83.8 Å². The summed E-state index contributed by atoms with van der Waals surface area (Å²) >= 11 is 0. The molecule has 0 aliphatic carbocycles. The van der Waals surface area contributed by atoms with Crippen LogP contribution in [0.3, 0.4) is 0 Å². The topological polar surface area (TPSA) is 13.1 Å². The molecule has 0 fully saturated rings. The highest BCUT2D eigenvalue weighted by atomic mass is 15.2. The molecule has 0 unspecified atom stereocenters. The Hall–Kier alpha value is -6.00. The van der Waals surface area contributed by atoms with Gasteiger partial charge in [0, 0.05) is 55.5 Å². The lowest BCUT2D eigenvalue weighted by molar-refractivity contribution is 0.590. The van der Waals surface area contributed by atoms with E-state index in [9.17, 15) is 0 Å². The largest absolute Gasteiger partial charge is 0.311 e. The Kier molecular flexibility index (Phi) is 5.47. The molecule has 50 heavy (non-hydrogen) atoms. The number of benzene rings is 7. The summed E-state index contributed by atoms with van der Waals surface area (Å²) < 4.78 is 5.03. The summed E-state index contributed by atoms with van der Waals surface area (Å²) in [7, 11) is 0. The van der Waals surface area contributed by atoms with Gasteiger partial charge < -0.3 is 14.0 Å². The van der Waals surface area contributed by atoms with E-state index in [0.29, 0.717) is 0 Å². The molecule has 3 nitrogen and oxygen atoms in total. The molecule has 0 amide bonds. The Morgan fingerprint density at radius 2 is 1.08 bits per heavy atom. The lowest BCUT2D eigenvalue weighted by Gasteiger charge is -2.40. The van der Waals surface area contributed by atoms with Gasteiger partial charge in [-0.05, 0) is 88.0 Å². The molecule has 7 aromatic carbocycles. The van der Waals surface area contributed by atoms with E-state index in [2.05, 4.69) is 186 Å². The van der Waals surface area contributed by atoms with Gasteiger partial charge in [-0.3, -0.25) is 0 Å². The average molecular weight is 640 g/mol. The van der Waals surface area contributed by atoms with Gasteiger partial charge in [-0.25, -0.2) is 0 Å². The Morgan fingerprint density at radius 3 is 1.92 bits per heavy atom. The summed E-state index contributed by atoms with van der Waals surface area (Å²) in [5.41, 5.74) is 16.7. The Balaban J connectivity index is 1.25.